The molecule has 1 heterocycles. The van der Waals surface area contributed by atoms with Crippen LogP contribution in [-0.2, 0) is 30.3 Å². The molecule has 0 spiro atoms. The van der Waals surface area contributed by atoms with E-state index in [1.54, 1.807) is 27.7 Å². The number of fused-ring (bicyclic) bond motifs is 4. The summed E-state index contributed by atoms with van der Waals surface area (Å²) >= 11 is 0. The highest BCUT2D eigenvalue weighted by Crippen LogP contribution is 2.44. The number of carbonyl (C=O) groups excluding carboxylic acids is 5. The summed E-state index contributed by atoms with van der Waals surface area (Å²) < 4.78 is 11.3. The second-order valence-electron chi connectivity index (χ2n) is 17.6. The number of nitrogens with one attached hydrogen (secondary N) is 3. The molecule has 3 aliphatic rings. The van der Waals surface area contributed by atoms with Gasteiger partial charge in [0.15, 0.2) is 0 Å². The largest absolute Gasteiger partial charge is 0.449 e. The maximum Gasteiger partial charge on any atom is 0.410 e. The molecule has 1 fully saturated rings. The molecule has 2 aliphatic carbocycles. The Morgan fingerprint density at radius 1 is 0.842 bits per heavy atom. The predicted octanol–water partition coefficient (Wildman–Crippen LogP) is 6.47. The van der Waals surface area contributed by atoms with Gasteiger partial charge in [0.25, 0.3) is 0 Å². The molecule has 12 nitrogen and oxygen atoms in total. The Balaban J connectivity index is 1.19. The third-order valence-corrected chi connectivity index (χ3v) is 11.3. The molecule has 3 aromatic carbocycles. The van der Waals surface area contributed by atoms with Gasteiger partial charge in [-0.3, -0.25) is 19.3 Å². The van der Waals surface area contributed by atoms with Gasteiger partial charge in [-0.25, -0.2) is 9.59 Å². The molecule has 3 N–H and O–H groups in total. The molecule has 5 amide bonds. The molecule has 6 rings (SSSR count). The summed E-state index contributed by atoms with van der Waals surface area (Å²) in [5.41, 5.74) is 5.10. The van der Waals surface area contributed by atoms with Gasteiger partial charge in [0.2, 0.25) is 17.7 Å². The lowest BCUT2D eigenvalue weighted by molar-refractivity contribution is -0.144. The number of rotatable bonds is 9. The van der Waals surface area contributed by atoms with Crippen molar-refractivity contribution in [3.8, 4) is 11.1 Å². The Morgan fingerprint density at radius 2 is 1.44 bits per heavy atom. The molecule has 304 valence electrons. The van der Waals surface area contributed by atoms with Crippen LogP contribution in [0.3, 0.4) is 0 Å². The summed E-state index contributed by atoms with van der Waals surface area (Å²) in [7, 11) is 1.47. The van der Waals surface area contributed by atoms with Crippen molar-refractivity contribution < 1.29 is 33.4 Å². The maximum atomic E-state index is 14.7. The average Bonchev–Trinajstić information content (AvgIpc) is 3.73. The Kier molecular flexibility index (Phi) is 12.0. The first-order valence-electron chi connectivity index (χ1n) is 20.0. The van der Waals surface area contributed by atoms with Crippen molar-refractivity contribution in [1.82, 2.24) is 25.8 Å². The summed E-state index contributed by atoms with van der Waals surface area (Å²) in [5.74, 6) is -1.48. The van der Waals surface area contributed by atoms with E-state index in [-0.39, 0.29) is 37.4 Å². The zero-order chi connectivity index (χ0) is 41.2. The van der Waals surface area contributed by atoms with E-state index in [0.29, 0.717) is 0 Å². The maximum absolute atomic E-state index is 14.7. The van der Waals surface area contributed by atoms with Crippen LogP contribution in [0.5, 0.6) is 0 Å². The molecule has 12 heteroatoms. The highest BCUT2D eigenvalue weighted by atomic mass is 16.6. The molecule has 3 aromatic rings. The number of amides is 5. The predicted molar refractivity (Wildman–Crippen MR) is 217 cm³/mol. The molecule has 1 aliphatic heterocycles. The molecule has 57 heavy (non-hydrogen) atoms. The molecular weight excluding hydrogens is 723 g/mol. The lowest BCUT2D eigenvalue weighted by Crippen LogP contribution is -2.60. The van der Waals surface area contributed by atoms with E-state index in [1.165, 1.54) is 22.4 Å². The van der Waals surface area contributed by atoms with Crippen molar-refractivity contribution in [2.75, 3.05) is 20.2 Å². The van der Waals surface area contributed by atoms with Gasteiger partial charge in [0.05, 0.1) is 12.1 Å². The van der Waals surface area contributed by atoms with Gasteiger partial charge in [0.1, 0.15) is 30.3 Å². The number of hydrogen-bond acceptors (Lipinski definition) is 7. The van der Waals surface area contributed by atoms with Crippen LogP contribution in [0.1, 0.15) is 102 Å². The monoisotopic (exact) mass is 779 g/mol. The topological polar surface area (TPSA) is 146 Å². The zero-order valence-corrected chi connectivity index (χ0v) is 34.4. The van der Waals surface area contributed by atoms with E-state index in [4.69, 9.17) is 9.47 Å². The van der Waals surface area contributed by atoms with E-state index >= 15 is 0 Å². The van der Waals surface area contributed by atoms with Gasteiger partial charge in [-0.05, 0) is 92.2 Å². The lowest BCUT2D eigenvalue weighted by Gasteiger charge is -2.37. The zero-order valence-electron chi connectivity index (χ0n) is 34.4. The first-order valence-corrected chi connectivity index (χ1v) is 20.0. The fraction of sp³-hybridized carbons (Fsp3) is 0.489. The van der Waals surface area contributed by atoms with Crippen LogP contribution in [0.2, 0.25) is 0 Å². The molecule has 0 radical (unpaired) electrons. The van der Waals surface area contributed by atoms with Crippen LogP contribution < -0.4 is 16.0 Å². The minimum absolute atomic E-state index is 0.0260. The van der Waals surface area contributed by atoms with Crippen LogP contribution >= 0.6 is 0 Å². The third-order valence-electron chi connectivity index (χ3n) is 11.3. The van der Waals surface area contributed by atoms with E-state index in [1.807, 2.05) is 63.2 Å². The number of carbonyl (C=O) groups is 5. The van der Waals surface area contributed by atoms with Crippen molar-refractivity contribution in [2.45, 2.75) is 116 Å². The molecule has 1 saturated heterocycles. The summed E-state index contributed by atoms with van der Waals surface area (Å²) in [6, 6.07) is 20.4. The molecule has 0 bridgehead atoms. The van der Waals surface area contributed by atoms with E-state index in [0.717, 1.165) is 47.1 Å². The quantitative estimate of drug-likeness (QED) is 0.226. The number of likely N-dealkylation sites (tertiary alicyclic amines) is 1. The number of likely N-dealkylation sites (N-methyl/N-ethyl adjacent to an activating group) is 1. The standard InChI is InChI=1S/C45H57N5O7/c1-27(49(8)43(55)57-45(5,6)7)39(51)48-38(44(2,3)4)41(53)50-25-29(24-37(50)40(52)47-36-23-15-17-28-16-9-10-18-30(28)36)46-42(54)56-26-35-33-21-13-11-19-31(33)32-20-12-14-22-34(32)35/h9-14,16,18-22,27,29,35-38H,15,17,23-26H2,1-8H3,(H,46,54)(H,47,52)(H,48,51)/t27-,29-,36+,37-,38+/m0/s1. The summed E-state index contributed by atoms with van der Waals surface area (Å²) in [6.07, 6.45) is 1.43. The molecule has 5 atom stereocenters. The Labute approximate surface area is 336 Å². The van der Waals surface area contributed by atoms with Crippen molar-refractivity contribution in [2.24, 2.45) is 5.41 Å². The fourth-order valence-corrected chi connectivity index (χ4v) is 8.16. The normalized spacial score (nSPS) is 19.9. The van der Waals surface area contributed by atoms with Gasteiger partial charge in [0, 0.05) is 19.5 Å². The van der Waals surface area contributed by atoms with Crippen LogP contribution in [0.25, 0.3) is 11.1 Å². The van der Waals surface area contributed by atoms with Gasteiger partial charge in [-0.2, -0.15) is 0 Å². The fourth-order valence-electron chi connectivity index (χ4n) is 8.16. The summed E-state index contributed by atoms with van der Waals surface area (Å²) in [6.45, 7) is 12.4. The van der Waals surface area contributed by atoms with Gasteiger partial charge < -0.3 is 30.3 Å². The highest BCUT2D eigenvalue weighted by molar-refractivity contribution is 5.95. The van der Waals surface area contributed by atoms with Crippen LogP contribution in [0.4, 0.5) is 9.59 Å². The second-order valence-corrected chi connectivity index (χ2v) is 17.6. The van der Waals surface area contributed by atoms with E-state index in [2.05, 4.69) is 46.3 Å². The van der Waals surface area contributed by atoms with Crippen molar-refractivity contribution in [3.63, 3.8) is 0 Å². The minimum Gasteiger partial charge on any atom is -0.449 e. The molecule has 0 saturated carbocycles. The number of hydrogen-bond donors (Lipinski definition) is 3. The average molecular weight is 780 g/mol. The molecule has 0 aromatic heterocycles. The molecule has 0 unspecified atom stereocenters. The van der Waals surface area contributed by atoms with Crippen molar-refractivity contribution in [1.29, 1.82) is 0 Å². The first-order chi connectivity index (χ1) is 26.9. The lowest BCUT2D eigenvalue weighted by atomic mass is 9.85. The summed E-state index contributed by atoms with van der Waals surface area (Å²) in [5, 5.41) is 9.05. The Hall–Kier alpha value is -5.39. The first kappa shape index (κ1) is 41.2. The van der Waals surface area contributed by atoms with Crippen molar-refractivity contribution in [3.05, 3.63) is 95.1 Å². The van der Waals surface area contributed by atoms with Gasteiger partial charge in [-0.1, -0.05) is 93.6 Å². The summed E-state index contributed by atoms with van der Waals surface area (Å²) in [4.78, 5) is 71.6. The Morgan fingerprint density at radius 3 is 2.05 bits per heavy atom. The molecular formula is C45H57N5O7. The highest BCUT2D eigenvalue weighted by Gasteiger charge is 2.46. The van der Waals surface area contributed by atoms with Crippen LogP contribution in [0.15, 0.2) is 72.8 Å². The van der Waals surface area contributed by atoms with Gasteiger partial charge >= 0.3 is 12.2 Å². The number of aryl methyl sites for hydroxylation is 1. The van der Waals surface area contributed by atoms with Gasteiger partial charge in [-0.15, -0.1) is 0 Å². The SMILES string of the molecule is C[C@@H](C(=O)N[C@H](C(=O)N1C[C@@H](NC(=O)OCC2c3ccccc3-c3ccccc32)C[C@H]1C(=O)N[C@@H]1CCCc2ccccc21)C(C)(C)C)N(C)C(=O)OC(C)(C)C. The number of benzene rings is 3. The number of alkyl carbamates (subject to hydrolysis) is 1. The number of ether oxygens (including phenoxy) is 2. The third kappa shape index (κ3) is 9.27. The van der Waals surface area contributed by atoms with Crippen molar-refractivity contribution >= 4 is 29.9 Å². The number of nitrogens with zero attached hydrogens (tertiary/aromatic N) is 2. The van der Waals surface area contributed by atoms with E-state index in [9.17, 15) is 24.0 Å². The smallest absolute Gasteiger partial charge is 0.410 e. The van der Waals surface area contributed by atoms with Crippen LogP contribution in [-0.4, -0.2) is 89.7 Å². The minimum atomic E-state index is -1.07. The van der Waals surface area contributed by atoms with Crippen LogP contribution in [0, 0.1) is 5.41 Å². The second kappa shape index (κ2) is 16.6. The van der Waals surface area contributed by atoms with E-state index < -0.39 is 59.2 Å². The Bertz CT molecular complexity index is 1960.